The molecule has 0 radical (unpaired) electrons. The molecule has 0 aliphatic rings. The summed E-state index contributed by atoms with van der Waals surface area (Å²) in [4.78, 5) is 15.8. The van der Waals surface area contributed by atoms with Gasteiger partial charge in [0.1, 0.15) is 0 Å². The van der Waals surface area contributed by atoms with Gasteiger partial charge in [-0.15, -0.1) is 0 Å². The minimum atomic E-state index is -3.85. The molecule has 2 aromatic heterocycles. The monoisotopic (exact) mass is 320 g/mol. The average Bonchev–Trinajstić information content (AvgIpc) is 2.84. The van der Waals surface area contributed by atoms with Crippen molar-refractivity contribution in [3.05, 3.63) is 23.7 Å². The zero-order valence-electron chi connectivity index (χ0n) is 9.92. The highest BCUT2D eigenvalue weighted by Crippen LogP contribution is 2.29. The Labute approximate surface area is 117 Å². The van der Waals surface area contributed by atoms with Gasteiger partial charge in [-0.2, -0.15) is 5.10 Å². The Morgan fingerprint density at radius 1 is 1.53 bits per heavy atom. The molecule has 0 bridgehead atoms. The van der Waals surface area contributed by atoms with E-state index in [4.69, 9.17) is 10.7 Å². The number of rotatable bonds is 3. The third kappa shape index (κ3) is 3.11. The van der Waals surface area contributed by atoms with Crippen LogP contribution in [-0.2, 0) is 16.1 Å². The van der Waals surface area contributed by atoms with Crippen LogP contribution < -0.4 is 5.32 Å². The summed E-state index contributed by atoms with van der Waals surface area (Å²) in [5.74, 6) is -0.416. The topological polar surface area (TPSA) is 93.9 Å². The lowest BCUT2D eigenvalue weighted by Crippen LogP contribution is -2.10. The Balaban J connectivity index is 2.23. The summed E-state index contributed by atoms with van der Waals surface area (Å²) in [5.41, 5.74) is 0.604. The number of halogens is 1. The maximum absolute atomic E-state index is 11.8. The SMILES string of the molecule is Cc1nc(NC(=O)c2cnn(C)c2)sc1S(=O)(=O)Cl. The van der Waals surface area contributed by atoms with E-state index in [2.05, 4.69) is 15.4 Å². The second kappa shape index (κ2) is 4.91. The molecule has 0 aliphatic heterocycles. The van der Waals surface area contributed by atoms with Crippen molar-refractivity contribution >= 4 is 42.1 Å². The van der Waals surface area contributed by atoms with Gasteiger partial charge in [-0.1, -0.05) is 11.3 Å². The molecule has 1 amide bonds. The fourth-order valence-corrected chi connectivity index (χ4v) is 3.72. The number of thiazole rings is 1. The third-order valence-corrected chi connectivity index (χ3v) is 5.41. The first kappa shape index (κ1) is 14.0. The molecule has 0 aliphatic carbocycles. The molecule has 19 heavy (non-hydrogen) atoms. The second-order valence-corrected chi connectivity index (χ2v) is 7.45. The van der Waals surface area contributed by atoms with E-state index in [9.17, 15) is 13.2 Å². The van der Waals surface area contributed by atoms with Crippen molar-refractivity contribution in [1.82, 2.24) is 14.8 Å². The van der Waals surface area contributed by atoms with Gasteiger partial charge in [0.05, 0.1) is 17.5 Å². The molecule has 0 atom stereocenters. The van der Waals surface area contributed by atoms with E-state index in [0.29, 0.717) is 5.56 Å². The van der Waals surface area contributed by atoms with Gasteiger partial charge in [0.2, 0.25) is 0 Å². The number of amides is 1. The van der Waals surface area contributed by atoms with E-state index in [-0.39, 0.29) is 15.0 Å². The molecule has 7 nitrogen and oxygen atoms in total. The van der Waals surface area contributed by atoms with Gasteiger partial charge in [0.25, 0.3) is 15.0 Å². The van der Waals surface area contributed by atoms with Crippen LogP contribution in [-0.4, -0.2) is 29.1 Å². The molecular formula is C9H9ClN4O3S2. The van der Waals surface area contributed by atoms with Crippen LogP contribution in [0.5, 0.6) is 0 Å². The van der Waals surface area contributed by atoms with Crippen LogP contribution in [0.2, 0.25) is 0 Å². The predicted octanol–water partition coefficient (Wildman–Crippen LogP) is 1.36. The number of aromatic nitrogens is 3. The molecule has 0 fully saturated rings. The van der Waals surface area contributed by atoms with E-state index in [0.717, 1.165) is 11.3 Å². The van der Waals surface area contributed by atoms with Crippen LogP contribution in [0.25, 0.3) is 0 Å². The van der Waals surface area contributed by atoms with Crippen molar-refractivity contribution < 1.29 is 13.2 Å². The Kier molecular flexibility index (Phi) is 3.61. The van der Waals surface area contributed by atoms with Gasteiger partial charge in [-0.05, 0) is 6.92 Å². The molecular weight excluding hydrogens is 312 g/mol. The molecule has 2 heterocycles. The number of hydrogen-bond donors (Lipinski definition) is 1. The Morgan fingerprint density at radius 2 is 2.21 bits per heavy atom. The number of aryl methyl sites for hydroxylation is 2. The number of nitrogens with zero attached hydrogens (tertiary/aromatic N) is 3. The van der Waals surface area contributed by atoms with Crippen LogP contribution in [0, 0.1) is 6.92 Å². The Hall–Kier alpha value is -1.45. The Bertz CT molecular complexity index is 734. The predicted molar refractivity (Wildman–Crippen MR) is 71.1 cm³/mol. The lowest BCUT2D eigenvalue weighted by molar-refractivity contribution is 0.102. The van der Waals surface area contributed by atoms with Gasteiger partial charge >= 0.3 is 0 Å². The third-order valence-electron chi connectivity index (χ3n) is 2.16. The lowest BCUT2D eigenvalue weighted by atomic mass is 10.3. The molecule has 0 aromatic carbocycles. The van der Waals surface area contributed by atoms with Crippen molar-refractivity contribution in [2.45, 2.75) is 11.1 Å². The molecule has 2 rings (SSSR count). The van der Waals surface area contributed by atoms with Gasteiger partial charge in [0, 0.05) is 23.9 Å². The quantitative estimate of drug-likeness (QED) is 0.862. The van der Waals surface area contributed by atoms with Crippen molar-refractivity contribution in [3.63, 3.8) is 0 Å². The van der Waals surface area contributed by atoms with E-state index >= 15 is 0 Å². The minimum Gasteiger partial charge on any atom is -0.298 e. The summed E-state index contributed by atoms with van der Waals surface area (Å²) in [6.07, 6.45) is 2.93. The summed E-state index contributed by atoms with van der Waals surface area (Å²) in [7, 11) is 3.09. The number of carbonyl (C=O) groups is 1. The minimum absolute atomic E-state index is 0.0735. The molecule has 10 heteroatoms. The maximum atomic E-state index is 11.8. The average molecular weight is 321 g/mol. The zero-order chi connectivity index (χ0) is 14.2. The van der Waals surface area contributed by atoms with Gasteiger partial charge in [-0.25, -0.2) is 13.4 Å². The highest BCUT2D eigenvalue weighted by atomic mass is 35.7. The zero-order valence-corrected chi connectivity index (χ0v) is 12.3. The van der Waals surface area contributed by atoms with Crippen molar-refractivity contribution in [1.29, 1.82) is 0 Å². The fourth-order valence-electron chi connectivity index (χ4n) is 1.37. The number of anilines is 1. The summed E-state index contributed by atoms with van der Waals surface area (Å²) in [6, 6.07) is 0. The Morgan fingerprint density at radius 3 is 2.68 bits per heavy atom. The van der Waals surface area contributed by atoms with Gasteiger partial charge in [0.15, 0.2) is 9.34 Å². The molecule has 2 aromatic rings. The first-order valence-electron chi connectivity index (χ1n) is 4.99. The smallest absolute Gasteiger partial charge is 0.272 e. The standard InChI is InChI=1S/C9H9ClN4O3S2/c1-5-8(19(10,16)17)18-9(12-5)13-7(15)6-3-11-14(2)4-6/h3-4H,1-2H3,(H,12,13,15). The largest absolute Gasteiger partial charge is 0.298 e. The number of carbonyl (C=O) groups excluding carboxylic acids is 1. The molecule has 0 spiro atoms. The molecule has 1 N–H and O–H groups in total. The van der Waals surface area contributed by atoms with Crippen LogP contribution >= 0.6 is 22.0 Å². The highest BCUT2D eigenvalue weighted by molar-refractivity contribution is 8.15. The first-order chi connectivity index (χ1) is 8.77. The molecule has 0 unspecified atom stereocenters. The van der Waals surface area contributed by atoms with Crippen molar-refractivity contribution in [2.75, 3.05) is 5.32 Å². The maximum Gasteiger partial charge on any atom is 0.272 e. The van der Waals surface area contributed by atoms with E-state index in [1.54, 1.807) is 7.05 Å². The van der Waals surface area contributed by atoms with Crippen molar-refractivity contribution in [2.24, 2.45) is 7.05 Å². The summed E-state index contributed by atoms with van der Waals surface area (Å²) in [6.45, 7) is 1.51. The van der Waals surface area contributed by atoms with Crippen LogP contribution in [0.3, 0.4) is 0 Å². The van der Waals surface area contributed by atoms with Gasteiger partial charge in [-0.3, -0.25) is 14.8 Å². The van der Waals surface area contributed by atoms with Gasteiger partial charge < -0.3 is 0 Å². The molecule has 0 saturated heterocycles. The van der Waals surface area contributed by atoms with E-state index < -0.39 is 15.0 Å². The van der Waals surface area contributed by atoms with Crippen molar-refractivity contribution in [3.8, 4) is 0 Å². The van der Waals surface area contributed by atoms with Crippen LogP contribution in [0.1, 0.15) is 16.1 Å². The molecule has 102 valence electrons. The molecule has 0 saturated carbocycles. The lowest BCUT2D eigenvalue weighted by Gasteiger charge is -1.96. The highest BCUT2D eigenvalue weighted by Gasteiger charge is 2.20. The summed E-state index contributed by atoms with van der Waals surface area (Å²) >= 11 is 0.806. The van der Waals surface area contributed by atoms with Crippen LogP contribution in [0.15, 0.2) is 16.6 Å². The van der Waals surface area contributed by atoms with E-state index in [1.807, 2.05) is 0 Å². The number of hydrogen-bond acceptors (Lipinski definition) is 6. The van der Waals surface area contributed by atoms with Crippen LogP contribution in [0.4, 0.5) is 5.13 Å². The second-order valence-electron chi connectivity index (χ2n) is 3.69. The summed E-state index contributed by atoms with van der Waals surface area (Å²) < 4.78 is 23.9. The normalized spacial score (nSPS) is 11.5. The summed E-state index contributed by atoms with van der Waals surface area (Å²) in [5, 5.41) is 6.53. The van der Waals surface area contributed by atoms with E-state index in [1.165, 1.54) is 24.0 Å². The number of nitrogens with one attached hydrogen (secondary N) is 1. The fraction of sp³-hybridized carbons (Fsp3) is 0.222. The first-order valence-corrected chi connectivity index (χ1v) is 8.12.